The topological polar surface area (TPSA) is 75.9 Å². The summed E-state index contributed by atoms with van der Waals surface area (Å²) in [5.41, 5.74) is 6.19. The van der Waals surface area contributed by atoms with E-state index in [0.717, 1.165) is 56.1 Å². The summed E-state index contributed by atoms with van der Waals surface area (Å²) in [5.74, 6) is 0.559. The number of fused-ring (bicyclic) bond motifs is 1. The molecule has 0 radical (unpaired) electrons. The van der Waals surface area contributed by atoms with Gasteiger partial charge in [-0.25, -0.2) is 4.79 Å². The average molecular weight is 468 g/mol. The molecule has 1 heterocycles. The summed E-state index contributed by atoms with van der Waals surface area (Å²) in [4.78, 5) is 29.7. The van der Waals surface area contributed by atoms with E-state index in [0.29, 0.717) is 32.0 Å². The van der Waals surface area contributed by atoms with Crippen LogP contribution in [-0.4, -0.2) is 60.1 Å². The normalized spacial score (nSPS) is 14.9. The van der Waals surface area contributed by atoms with Crippen molar-refractivity contribution in [3.8, 4) is 0 Å². The smallest absolute Gasteiger partial charge is 0.410 e. The van der Waals surface area contributed by atoms with Crippen LogP contribution in [0.15, 0.2) is 42.5 Å². The standard InChI is InChI=1S/C28H41N3O3/c1-28(2,3)34-27(33)31(17-8-4-7-16-29)21-22-14-18-30(19-15-22)26(32)20-24-12-9-11-23-10-5-6-13-25(23)24/h5-6,9-13,22H,4,7-8,14-21,29H2,1-3H3. The Labute approximate surface area is 204 Å². The Morgan fingerprint density at radius 3 is 2.44 bits per heavy atom. The number of benzene rings is 2. The third-order valence-electron chi connectivity index (χ3n) is 6.45. The molecule has 6 nitrogen and oxygen atoms in total. The van der Waals surface area contributed by atoms with Crippen LogP contribution >= 0.6 is 0 Å². The van der Waals surface area contributed by atoms with Crippen molar-refractivity contribution in [2.75, 3.05) is 32.7 Å². The van der Waals surface area contributed by atoms with Crippen molar-refractivity contribution < 1.29 is 14.3 Å². The molecule has 34 heavy (non-hydrogen) atoms. The van der Waals surface area contributed by atoms with Gasteiger partial charge in [0.25, 0.3) is 0 Å². The number of hydrogen-bond donors (Lipinski definition) is 1. The summed E-state index contributed by atoms with van der Waals surface area (Å²) < 4.78 is 5.66. The number of piperidine rings is 1. The summed E-state index contributed by atoms with van der Waals surface area (Å²) in [6.45, 7) is 9.23. The van der Waals surface area contributed by atoms with E-state index >= 15 is 0 Å². The summed E-state index contributed by atoms with van der Waals surface area (Å²) in [5, 5.41) is 2.32. The summed E-state index contributed by atoms with van der Waals surface area (Å²) in [7, 11) is 0. The van der Waals surface area contributed by atoms with Gasteiger partial charge in [0.15, 0.2) is 0 Å². The molecule has 1 fully saturated rings. The molecule has 6 heteroatoms. The lowest BCUT2D eigenvalue weighted by Gasteiger charge is -2.35. The van der Waals surface area contributed by atoms with Crippen molar-refractivity contribution in [1.29, 1.82) is 0 Å². The van der Waals surface area contributed by atoms with Crippen LogP contribution in [0.4, 0.5) is 4.79 Å². The number of nitrogens with two attached hydrogens (primary N) is 1. The number of ether oxygens (including phenoxy) is 1. The first-order valence-electron chi connectivity index (χ1n) is 12.7. The van der Waals surface area contributed by atoms with E-state index < -0.39 is 5.60 Å². The minimum Gasteiger partial charge on any atom is -0.444 e. The molecule has 2 amide bonds. The molecule has 2 aromatic rings. The molecule has 2 N–H and O–H groups in total. The fourth-order valence-corrected chi connectivity index (χ4v) is 4.61. The quantitative estimate of drug-likeness (QED) is 0.527. The van der Waals surface area contributed by atoms with Crippen molar-refractivity contribution in [1.82, 2.24) is 9.80 Å². The number of amides is 2. The Hall–Kier alpha value is -2.60. The summed E-state index contributed by atoms with van der Waals surface area (Å²) in [6.07, 6.45) is 4.91. The molecule has 3 rings (SSSR count). The predicted molar refractivity (Wildman–Crippen MR) is 138 cm³/mol. The molecule has 0 aliphatic carbocycles. The zero-order valence-corrected chi connectivity index (χ0v) is 21.1. The Kier molecular flexibility index (Phi) is 9.34. The molecule has 0 saturated carbocycles. The van der Waals surface area contributed by atoms with Crippen molar-refractivity contribution in [3.63, 3.8) is 0 Å². The molecular formula is C28H41N3O3. The zero-order chi connectivity index (χ0) is 24.6. The molecule has 1 aliphatic rings. The van der Waals surface area contributed by atoms with Gasteiger partial charge in [-0.3, -0.25) is 4.79 Å². The molecule has 0 spiro atoms. The van der Waals surface area contributed by atoms with E-state index in [-0.39, 0.29) is 12.0 Å². The summed E-state index contributed by atoms with van der Waals surface area (Å²) >= 11 is 0. The van der Waals surface area contributed by atoms with Crippen LogP contribution in [0, 0.1) is 5.92 Å². The van der Waals surface area contributed by atoms with E-state index in [1.807, 2.05) is 48.8 Å². The number of nitrogens with zero attached hydrogens (tertiary/aromatic N) is 2. The second kappa shape index (κ2) is 12.2. The maximum absolute atomic E-state index is 13.0. The van der Waals surface area contributed by atoms with E-state index in [1.165, 1.54) is 5.39 Å². The third kappa shape index (κ3) is 7.73. The molecule has 0 unspecified atom stereocenters. The highest BCUT2D eigenvalue weighted by Crippen LogP contribution is 2.23. The van der Waals surface area contributed by atoms with Crippen LogP contribution < -0.4 is 5.73 Å². The Morgan fingerprint density at radius 2 is 1.74 bits per heavy atom. The minimum absolute atomic E-state index is 0.181. The van der Waals surface area contributed by atoms with Crippen molar-refractivity contribution in [2.24, 2.45) is 11.7 Å². The molecule has 1 saturated heterocycles. The minimum atomic E-state index is -0.510. The Balaban J connectivity index is 1.54. The van der Waals surface area contributed by atoms with E-state index in [1.54, 1.807) is 0 Å². The van der Waals surface area contributed by atoms with Crippen molar-refractivity contribution in [3.05, 3.63) is 48.0 Å². The van der Waals surface area contributed by atoms with E-state index in [2.05, 4.69) is 24.3 Å². The number of carbonyl (C=O) groups excluding carboxylic acids is 2. The highest BCUT2D eigenvalue weighted by atomic mass is 16.6. The van der Waals surface area contributed by atoms with Crippen LogP contribution in [0.1, 0.15) is 58.4 Å². The van der Waals surface area contributed by atoms with Gasteiger partial charge in [0.05, 0.1) is 6.42 Å². The van der Waals surface area contributed by atoms with Gasteiger partial charge in [0, 0.05) is 26.2 Å². The number of likely N-dealkylation sites (tertiary alicyclic amines) is 1. The van der Waals surface area contributed by atoms with Gasteiger partial charge >= 0.3 is 6.09 Å². The van der Waals surface area contributed by atoms with Crippen LogP contribution in [-0.2, 0) is 16.0 Å². The largest absolute Gasteiger partial charge is 0.444 e. The fraction of sp³-hybridized carbons (Fsp3) is 0.571. The Bertz CT molecular complexity index is 940. The van der Waals surface area contributed by atoms with Gasteiger partial charge in [0.2, 0.25) is 5.91 Å². The van der Waals surface area contributed by atoms with E-state index in [9.17, 15) is 9.59 Å². The lowest BCUT2D eigenvalue weighted by molar-refractivity contribution is -0.131. The maximum atomic E-state index is 13.0. The van der Waals surface area contributed by atoms with Gasteiger partial charge in [-0.15, -0.1) is 0 Å². The molecule has 0 atom stereocenters. The first kappa shape index (κ1) is 26.0. The summed E-state index contributed by atoms with van der Waals surface area (Å²) in [6, 6.07) is 14.4. The first-order chi connectivity index (χ1) is 16.3. The predicted octanol–water partition coefficient (Wildman–Crippen LogP) is 4.99. The number of rotatable bonds is 9. The molecule has 1 aliphatic heterocycles. The lowest BCUT2D eigenvalue weighted by Crippen LogP contribution is -2.44. The SMILES string of the molecule is CC(C)(C)OC(=O)N(CCCCCN)CC1CCN(C(=O)Cc2cccc3ccccc23)CC1. The van der Waals surface area contributed by atoms with Crippen molar-refractivity contribution in [2.45, 2.75) is 64.9 Å². The van der Waals surface area contributed by atoms with Crippen molar-refractivity contribution >= 4 is 22.8 Å². The maximum Gasteiger partial charge on any atom is 0.410 e. The molecular weight excluding hydrogens is 426 g/mol. The van der Waals surface area contributed by atoms with Crippen LogP contribution in [0.5, 0.6) is 0 Å². The molecule has 0 bridgehead atoms. The highest BCUT2D eigenvalue weighted by molar-refractivity contribution is 5.90. The van der Waals surface area contributed by atoms with Gasteiger partial charge in [0.1, 0.15) is 5.60 Å². The highest BCUT2D eigenvalue weighted by Gasteiger charge is 2.28. The van der Waals surface area contributed by atoms with Crippen LogP contribution in [0.2, 0.25) is 0 Å². The number of unbranched alkanes of at least 4 members (excludes halogenated alkanes) is 2. The molecule has 0 aromatic heterocycles. The molecule has 2 aromatic carbocycles. The van der Waals surface area contributed by atoms with Gasteiger partial charge < -0.3 is 20.3 Å². The van der Waals surface area contributed by atoms with Gasteiger partial charge in [-0.2, -0.15) is 0 Å². The first-order valence-corrected chi connectivity index (χ1v) is 12.7. The monoisotopic (exact) mass is 467 g/mol. The van der Waals surface area contributed by atoms with E-state index in [4.69, 9.17) is 10.5 Å². The second-order valence-electron chi connectivity index (χ2n) is 10.4. The number of carbonyl (C=O) groups is 2. The lowest BCUT2D eigenvalue weighted by atomic mass is 9.95. The number of hydrogen-bond acceptors (Lipinski definition) is 4. The zero-order valence-electron chi connectivity index (χ0n) is 21.1. The fourth-order valence-electron chi connectivity index (χ4n) is 4.61. The third-order valence-corrected chi connectivity index (χ3v) is 6.45. The molecule has 186 valence electrons. The second-order valence-corrected chi connectivity index (χ2v) is 10.4. The van der Waals surface area contributed by atoms with Crippen LogP contribution in [0.3, 0.4) is 0 Å². The van der Waals surface area contributed by atoms with Crippen LogP contribution in [0.25, 0.3) is 10.8 Å². The Morgan fingerprint density at radius 1 is 1.03 bits per heavy atom. The van der Waals surface area contributed by atoms with Gasteiger partial charge in [-0.1, -0.05) is 48.9 Å². The average Bonchev–Trinajstić information content (AvgIpc) is 2.80. The van der Waals surface area contributed by atoms with Gasteiger partial charge in [-0.05, 0) is 75.3 Å².